The molecule has 0 spiro atoms. The number of nitrogens with one attached hydrogen (secondary N) is 3. The van der Waals surface area contributed by atoms with Gasteiger partial charge in [-0.2, -0.15) is 0 Å². The molecule has 0 amide bonds. The maximum Gasteiger partial charge on any atom is 0.123 e. The summed E-state index contributed by atoms with van der Waals surface area (Å²) < 4.78 is 10.8. The molecule has 3 aromatic rings. The number of hydrogen-bond donors (Lipinski definition) is 3. The van der Waals surface area contributed by atoms with Crippen LogP contribution in [0.2, 0.25) is 0 Å². The van der Waals surface area contributed by atoms with E-state index in [1.54, 1.807) is 19.6 Å². The van der Waals surface area contributed by atoms with Crippen LogP contribution in [0.5, 0.6) is 5.75 Å². The van der Waals surface area contributed by atoms with E-state index in [0.717, 1.165) is 35.5 Å². The molecular weight excluding hydrogens is 338 g/mol. The number of piperazine rings is 1. The molecule has 1 aliphatic rings. The van der Waals surface area contributed by atoms with Crippen molar-refractivity contribution in [3.05, 3.63) is 78.3 Å². The fourth-order valence-corrected chi connectivity index (χ4v) is 3.60. The number of methoxy groups -OCH3 is 1. The Morgan fingerprint density at radius 1 is 1.04 bits per heavy atom. The third-order valence-electron chi connectivity index (χ3n) is 4.99. The third kappa shape index (κ3) is 4.06. The molecule has 1 fully saturated rings. The molecule has 1 saturated heterocycles. The SMILES string of the molecule is COc1ccc(-c2ccoc2)cc1CN[C@H]1NCCN[C@H]1c1ccccc1. The van der Waals surface area contributed by atoms with Gasteiger partial charge in [-0.05, 0) is 29.3 Å². The molecule has 5 nitrogen and oxygen atoms in total. The number of rotatable bonds is 6. The van der Waals surface area contributed by atoms with Crippen LogP contribution >= 0.6 is 0 Å². The van der Waals surface area contributed by atoms with Gasteiger partial charge in [0.25, 0.3) is 0 Å². The summed E-state index contributed by atoms with van der Waals surface area (Å²) >= 11 is 0. The summed E-state index contributed by atoms with van der Waals surface area (Å²) in [4.78, 5) is 0. The van der Waals surface area contributed by atoms with Crippen molar-refractivity contribution in [1.29, 1.82) is 0 Å². The average molecular weight is 363 g/mol. The van der Waals surface area contributed by atoms with Crippen molar-refractivity contribution in [2.24, 2.45) is 0 Å². The Kier molecular flexibility index (Phi) is 5.53. The predicted molar refractivity (Wildman–Crippen MR) is 107 cm³/mol. The van der Waals surface area contributed by atoms with E-state index in [4.69, 9.17) is 9.15 Å². The van der Waals surface area contributed by atoms with Crippen LogP contribution in [0.1, 0.15) is 17.2 Å². The minimum atomic E-state index is 0.142. The number of furan rings is 1. The van der Waals surface area contributed by atoms with E-state index in [9.17, 15) is 0 Å². The molecule has 0 bridgehead atoms. The Morgan fingerprint density at radius 2 is 1.89 bits per heavy atom. The highest BCUT2D eigenvalue weighted by Crippen LogP contribution is 2.27. The van der Waals surface area contributed by atoms with Gasteiger partial charge in [0, 0.05) is 30.8 Å². The van der Waals surface area contributed by atoms with Crippen molar-refractivity contribution in [1.82, 2.24) is 16.0 Å². The second kappa shape index (κ2) is 8.39. The summed E-state index contributed by atoms with van der Waals surface area (Å²) in [5, 5.41) is 10.9. The van der Waals surface area contributed by atoms with Gasteiger partial charge in [-0.1, -0.05) is 36.4 Å². The quantitative estimate of drug-likeness (QED) is 0.627. The molecule has 140 valence electrons. The van der Waals surface area contributed by atoms with Gasteiger partial charge in [0.2, 0.25) is 0 Å². The van der Waals surface area contributed by atoms with Gasteiger partial charge in [0.05, 0.1) is 31.8 Å². The van der Waals surface area contributed by atoms with Gasteiger partial charge in [0.15, 0.2) is 0 Å². The zero-order valence-corrected chi connectivity index (χ0v) is 15.4. The second-order valence-electron chi connectivity index (χ2n) is 6.69. The van der Waals surface area contributed by atoms with E-state index in [-0.39, 0.29) is 12.2 Å². The fourth-order valence-electron chi connectivity index (χ4n) is 3.60. The van der Waals surface area contributed by atoms with Crippen LogP contribution < -0.4 is 20.7 Å². The molecule has 4 rings (SSSR count). The van der Waals surface area contributed by atoms with Crippen molar-refractivity contribution in [3.8, 4) is 16.9 Å². The van der Waals surface area contributed by atoms with Gasteiger partial charge in [-0.25, -0.2) is 0 Å². The summed E-state index contributed by atoms with van der Waals surface area (Å²) in [6.07, 6.45) is 3.60. The normalized spacial score (nSPS) is 19.7. The van der Waals surface area contributed by atoms with Crippen molar-refractivity contribution < 1.29 is 9.15 Å². The topological polar surface area (TPSA) is 58.5 Å². The lowest BCUT2D eigenvalue weighted by Crippen LogP contribution is -2.57. The molecule has 0 radical (unpaired) electrons. The van der Waals surface area contributed by atoms with Crippen LogP contribution in [0.4, 0.5) is 0 Å². The van der Waals surface area contributed by atoms with E-state index in [1.165, 1.54) is 5.56 Å². The van der Waals surface area contributed by atoms with Crippen molar-refractivity contribution in [2.75, 3.05) is 20.2 Å². The summed E-state index contributed by atoms with van der Waals surface area (Å²) in [6, 6.07) is 19.0. The summed E-state index contributed by atoms with van der Waals surface area (Å²) in [5.41, 5.74) is 4.59. The van der Waals surface area contributed by atoms with Crippen LogP contribution in [0.3, 0.4) is 0 Å². The van der Waals surface area contributed by atoms with E-state index in [1.807, 2.05) is 12.1 Å². The van der Waals surface area contributed by atoms with Gasteiger partial charge < -0.3 is 14.5 Å². The minimum absolute atomic E-state index is 0.142. The molecule has 2 heterocycles. The molecule has 1 aliphatic heterocycles. The first kappa shape index (κ1) is 17.8. The molecule has 27 heavy (non-hydrogen) atoms. The zero-order chi connectivity index (χ0) is 18.5. The van der Waals surface area contributed by atoms with Gasteiger partial charge in [-0.15, -0.1) is 0 Å². The van der Waals surface area contributed by atoms with E-state index >= 15 is 0 Å². The maximum absolute atomic E-state index is 5.57. The second-order valence-corrected chi connectivity index (χ2v) is 6.69. The molecule has 5 heteroatoms. The highest BCUT2D eigenvalue weighted by atomic mass is 16.5. The third-order valence-corrected chi connectivity index (χ3v) is 4.99. The Bertz CT molecular complexity index is 849. The van der Waals surface area contributed by atoms with E-state index in [0.29, 0.717) is 6.54 Å². The molecule has 1 aromatic heterocycles. The highest BCUT2D eigenvalue weighted by molar-refractivity contribution is 5.64. The largest absolute Gasteiger partial charge is 0.496 e. The Balaban J connectivity index is 1.52. The van der Waals surface area contributed by atoms with Crippen LogP contribution in [0.15, 0.2) is 71.5 Å². The molecule has 0 unspecified atom stereocenters. The lowest BCUT2D eigenvalue weighted by Gasteiger charge is -2.35. The molecular formula is C22H25N3O2. The van der Waals surface area contributed by atoms with E-state index < -0.39 is 0 Å². The predicted octanol–water partition coefficient (Wildman–Crippen LogP) is 3.31. The lowest BCUT2D eigenvalue weighted by molar-refractivity contribution is 0.278. The molecule has 0 saturated carbocycles. The minimum Gasteiger partial charge on any atom is -0.496 e. The average Bonchev–Trinajstić information content (AvgIpc) is 3.28. The maximum atomic E-state index is 5.57. The van der Waals surface area contributed by atoms with Crippen LogP contribution in [0.25, 0.3) is 11.1 Å². The first-order valence-electron chi connectivity index (χ1n) is 9.30. The Morgan fingerprint density at radius 3 is 2.67 bits per heavy atom. The first-order chi connectivity index (χ1) is 13.3. The number of ether oxygens (including phenoxy) is 1. The van der Waals surface area contributed by atoms with Crippen LogP contribution in [-0.2, 0) is 6.54 Å². The monoisotopic (exact) mass is 363 g/mol. The standard InChI is InChI=1S/C22H25N3O2/c1-26-20-8-7-17(18-9-12-27-15-18)13-19(20)14-25-22-21(23-10-11-24-22)16-5-3-2-4-6-16/h2-9,12-13,15,21-25H,10-11,14H2,1H3/t21-,22+/m0/s1. The molecule has 3 N–H and O–H groups in total. The summed E-state index contributed by atoms with van der Waals surface area (Å²) in [5.74, 6) is 0.884. The summed E-state index contributed by atoms with van der Waals surface area (Å²) in [7, 11) is 1.71. The highest BCUT2D eigenvalue weighted by Gasteiger charge is 2.25. The molecule has 2 atom stereocenters. The number of benzene rings is 2. The zero-order valence-electron chi connectivity index (χ0n) is 15.4. The van der Waals surface area contributed by atoms with E-state index in [2.05, 4.69) is 58.4 Å². The Labute approximate surface area is 159 Å². The smallest absolute Gasteiger partial charge is 0.123 e. The first-order valence-corrected chi connectivity index (χ1v) is 9.30. The van der Waals surface area contributed by atoms with Crippen molar-refractivity contribution in [2.45, 2.75) is 18.8 Å². The Hall–Kier alpha value is -2.60. The van der Waals surface area contributed by atoms with Crippen molar-refractivity contribution >= 4 is 0 Å². The summed E-state index contributed by atoms with van der Waals surface area (Å²) in [6.45, 7) is 2.60. The molecule has 2 aromatic carbocycles. The van der Waals surface area contributed by atoms with Crippen LogP contribution in [-0.4, -0.2) is 26.4 Å². The van der Waals surface area contributed by atoms with Gasteiger partial charge in [-0.3, -0.25) is 10.6 Å². The molecule has 0 aliphatic carbocycles. The van der Waals surface area contributed by atoms with Gasteiger partial charge >= 0.3 is 0 Å². The van der Waals surface area contributed by atoms with Gasteiger partial charge in [0.1, 0.15) is 5.75 Å². The number of hydrogen-bond acceptors (Lipinski definition) is 5. The lowest BCUT2D eigenvalue weighted by atomic mass is 10.0. The van der Waals surface area contributed by atoms with Crippen molar-refractivity contribution in [3.63, 3.8) is 0 Å². The fraction of sp³-hybridized carbons (Fsp3) is 0.273. The van der Waals surface area contributed by atoms with Crippen LogP contribution in [0, 0.1) is 0 Å².